The SMILES string of the molecule is [C-]#[N+]COc1cccc(C=O)c1Br. The van der Waals surface area contributed by atoms with Crippen LogP contribution in [0.1, 0.15) is 10.4 Å². The van der Waals surface area contributed by atoms with Crippen molar-refractivity contribution in [3.63, 3.8) is 0 Å². The second kappa shape index (κ2) is 4.63. The average Bonchev–Trinajstić information content (AvgIpc) is 2.16. The van der Waals surface area contributed by atoms with Crippen LogP contribution in [0.5, 0.6) is 5.75 Å². The third-order valence-corrected chi connectivity index (χ3v) is 2.25. The van der Waals surface area contributed by atoms with E-state index < -0.39 is 0 Å². The van der Waals surface area contributed by atoms with Crippen LogP contribution in [0, 0.1) is 6.57 Å². The zero-order valence-electron chi connectivity index (χ0n) is 6.66. The normalized spacial score (nSPS) is 8.92. The fourth-order valence-electron chi connectivity index (χ4n) is 0.832. The topological polar surface area (TPSA) is 30.7 Å². The van der Waals surface area contributed by atoms with Gasteiger partial charge in [-0.25, -0.2) is 6.57 Å². The smallest absolute Gasteiger partial charge is 0.357 e. The van der Waals surface area contributed by atoms with E-state index in [0.29, 0.717) is 15.8 Å². The summed E-state index contributed by atoms with van der Waals surface area (Å²) in [5.74, 6) is 0.514. The minimum Gasteiger partial charge on any atom is -0.425 e. The highest BCUT2D eigenvalue weighted by Crippen LogP contribution is 2.27. The zero-order chi connectivity index (χ0) is 9.68. The zero-order valence-corrected chi connectivity index (χ0v) is 8.24. The maximum Gasteiger partial charge on any atom is 0.357 e. The summed E-state index contributed by atoms with van der Waals surface area (Å²) in [5.41, 5.74) is 0.516. The summed E-state index contributed by atoms with van der Waals surface area (Å²) in [6.45, 7) is 6.50. The van der Waals surface area contributed by atoms with Gasteiger partial charge in [-0.2, -0.15) is 0 Å². The molecule has 0 fully saturated rings. The number of carbonyl (C=O) groups is 1. The Kier molecular flexibility index (Phi) is 3.47. The second-order valence-corrected chi connectivity index (χ2v) is 3.00. The number of hydrogen-bond donors (Lipinski definition) is 0. The first-order chi connectivity index (χ1) is 6.29. The van der Waals surface area contributed by atoms with E-state index in [1.54, 1.807) is 18.2 Å². The monoisotopic (exact) mass is 239 g/mol. The first kappa shape index (κ1) is 9.75. The molecular formula is C9H6BrNO2. The van der Waals surface area contributed by atoms with Crippen LogP contribution in [0.2, 0.25) is 0 Å². The molecule has 0 atom stereocenters. The average molecular weight is 240 g/mol. The molecule has 1 aromatic carbocycles. The lowest BCUT2D eigenvalue weighted by Gasteiger charge is -2.03. The van der Waals surface area contributed by atoms with Crippen molar-refractivity contribution in [2.75, 3.05) is 6.73 Å². The van der Waals surface area contributed by atoms with Crippen molar-refractivity contribution in [1.29, 1.82) is 0 Å². The Bertz CT molecular complexity index is 357. The molecule has 13 heavy (non-hydrogen) atoms. The van der Waals surface area contributed by atoms with E-state index in [4.69, 9.17) is 11.3 Å². The summed E-state index contributed by atoms with van der Waals surface area (Å²) >= 11 is 3.21. The number of hydrogen-bond acceptors (Lipinski definition) is 2. The molecule has 4 heteroatoms. The van der Waals surface area contributed by atoms with Crippen molar-refractivity contribution in [3.05, 3.63) is 39.7 Å². The molecule has 0 heterocycles. The molecule has 0 saturated heterocycles. The number of rotatable bonds is 3. The Morgan fingerprint density at radius 3 is 3.00 bits per heavy atom. The van der Waals surface area contributed by atoms with Gasteiger partial charge in [0.05, 0.1) is 4.47 Å². The Morgan fingerprint density at radius 2 is 2.38 bits per heavy atom. The maximum absolute atomic E-state index is 10.5. The fraction of sp³-hybridized carbons (Fsp3) is 0.111. The number of halogens is 1. The van der Waals surface area contributed by atoms with Crippen LogP contribution in [0.15, 0.2) is 22.7 Å². The van der Waals surface area contributed by atoms with Gasteiger partial charge in [-0.05, 0) is 22.0 Å². The lowest BCUT2D eigenvalue weighted by molar-refractivity contribution is 0.112. The van der Waals surface area contributed by atoms with Gasteiger partial charge in [-0.1, -0.05) is 12.1 Å². The maximum atomic E-state index is 10.5. The van der Waals surface area contributed by atoms with Crippen molar-refractivity contribution in [1.82, 2.24) is 0 Å². The van der Waals surface area contributed by atoms with Crippen molar-refractivity contribution in [2.45, 2.75) is 0 Å². The van der Waals surface area contributed by atoms with Gasteiger partial charge in [0.15, 0.2) is 6.29 Å². The molecule has 0 radical (unpaired) electrons. The van der Waals surface area contributed by atoms with E-state index in [0.717, 1.165) is 6.29 Å². The van der Waals surface area contributed by atoms with E-state index in [1.165, 1.54) is 0 Å². The van der Waals surface area contributed by atoms with E-state index in [1.807, 2.05) is 0 Å². The summed E-state index contributed by atoms with van der Waals surface area (Å²) in [4.78, 5) is 13.6. The van der Waals surface area contributed by atoms with Crippen molar-refractivity contribution in [2.24, 2.45) is 0 Å². The van der Waals surface area contributed by atoms with Crippen LogP contribution in [-0.2, 0) is 0 Å². The van der Waals surface area contributed by atoms with Gasteiger partial charge in [0.25, 0.3) is 0 Å². The van der Waals surface area contributed by atoms with Gasteiger partial charge in [0, 0.05) is 5.56 Å². The molecule has 0 spiro atoms. The molecule has 0 aliphatic rings. The Morgan fingerprint density at radius 1 is 1.62 bits per heavy atom. The van der Waals surface area contributed by atoms with Crippen LogP contribution in [0.3, 0.4) is 0 Å². The summed E-state index contributed by atoms with van der Waals surface area (Å²) in [5, 5.41) is 0. The number of nitrogens with zero attached hydrogens (tertiary/aromatic N) is 1. The molecule has 3 nitrogen and oxygen atoms in total. The lowest BCUT2D eigenvalue weighted by Crippen LogP contribution is -1.94. The highest BCUT2D eigenvalue weighted by atomic mass is 79.9. The molecule has 1 aromatic rings. The fourth-order valence-corrected chi connectivity index (χ4v) is 1.30. The molecule has 0 unspecified atom stereocenters. The van der Waals surface area contributed by atoms with E-state index in [2.05, 4.69) is 20.8 Å². The summed E-state index contributed by atoms with van der Waals surface area (Å²) in [6, 6.07) is 5.07. The number of carbonyl (C=O) groups excluding carboxylic acids is 1. The van der Waals surface area contributed by atoms with Gasteiger partial charge in [0.2, 0.25) is 0 Å². The van der Waals surface area contributed by atoms with Crippen molar-refractivity contribution in [3.8, 4) is 5.75 Å². The number of benzene rings is 1. The summed E-state index contributed by atoms with van der Waals surface area (Å²) in [7, 11) is 0. The highest BCUT2D eigenvalue weighted by molar-refractivity contribution is 9.10. The third-order valence-electron chi connectivity index (χ3n) is 1.40. The molecule has 0 bridgehead atoms. The Labute approximate surface area is 84.3 Å². The minimum atomic E-state index is -0.0408. The molecule has 0 aliphatic carbocycles. The predicted molar refractivity (Wildman–Crippen MR) is 51.6 cm³/mol. The van der Waals surface area contributed by atoms with E-state index in [-0.39, 0.29) is 6.73 Å². The molecule has 0 aromatic heterocycles. The summed E-state index contributed by atoms with van der Waals surface area (Å²) < 4.78 is 5.66. The van der Waals surface area contributed by atoms with Crippen molar-refractivity contribution >= 4 is 22.2 Å². The number of ether oxygens (including phenoxy) is 1. The molecule has 1 rings (SSSR count). The standard InChI is InChI=1S/C9H6BrNO2/c1-11-6-13-8-4-2-3-7(5-12)9(8)10/h2-5H,6H2. The van der Waals surface area contributed by atoms with Crippen LogP contribution in [0.25, 0.3) is 4.85 Å². The van der Waals surface area contributed by atoms with E-state index in [9.17, 15) is 4.79 Å². The van der Waals surface area contributed by atoms with Crippen LogP contribution >= 0.6 is 15.9 Å². The van der Waals surface area contributed by atoms with Gasteiger partial charge < -0.3 is 4.74 Å². The number of aldehydes is 1. The molecule has 0 saturated carbocycles. The van der Waals surface area contributed by atoms with Crippen LogP contribution in [0.4, 0.5) is 0 Å². The molecule has 0 N–H and O–H groups in total. The highest BCUT2D eigenvalue weighted by Gasteiger charge is 2.05. The summed E-state index contributed by atoms with van der Waals surface area (Å²) in [6.07, 6.45) is 0.731. The second-order valence-electron chi connectivity index (χ2n) is 2.21. The van der Waals surface area contributed by atoms with Gasteiger partial charge in [-0.3, -0.25) is 9.64 Å². The molecular weight excluding hydrogens is 234 g/mol. The van der Waals surface area contributed by atoms with E-state index >= 15 is 0 Å². The predicted octanol–water partition coefficient (Wildman–Crippen LogP) is 2.52. The van der Waals surface area contributed by atoms with Crippen LogP contribution < -0.4 is 4.74 Å². The Balaban J connectivity index is 2.95. The molecule has 0 aliphatic heterocycles. The first-order valence-electron chi connectivity index (χ1n) is 3.49. The minimum absolute atomic E-state index is 0.0408. The lowest BCUT2D eigenvalue weighted by atomic mass is 10.2. The van der Waals surface area contributed by atoms with Crippen molar-refractivity contribution < 1.29 is 9.53 Å². The quantitative estimate of drug-likeness (QED) is 0.600. The third kappa shape index (κ3) is 2.30. The molecule has 66 valence electrons. The Hall–Kier alpha value is -1.34. The van der Waals surface area contributed by atoms with Crippen LogP contribution in [-0.4, -0.2) is 13.0 Å². The first-order valence-corrected chi connectivity index (χ1v) is 4.28. The van der Waals surface area contributed by atoms with Gasteiger partial charge in [-0.15, -0.1) is 0 Å². The van der Waals surface area contributed by atoms with Gasteiger partial charge in [0.1, 0.15) is 5.75 Å². The molecule has 0 amide bonds. The largest absolute Gasteiger partial charge is 0.425 e. The van der Waals surface area contributed by atoms with Gasteiger partial charge >= 0.3 is 6.73 Å².